The molecule has 0 amide bonds. The minimum Gasteiger partial charge on any atom is -0.508 e. The van der Waals surface area contributed by atoms with Crippen LogP contribution in [0.5, 0.6) is 5.75 Å². The molecule has 1 aromatic carbocycles. The lowest BCUT2D eigenvalue weighted by Gasteiger charge is -1.96. The molecule has 0 aromatic heterocycles. The lowest BCUT2D eigenvalue weighted by molar-refractivity contribution is -0.136. The molecule has 14 heavy (non-hydrogen) atoms. The summed E-state index contributed by atoms with van der Waals surface area (Å²) in [5.41, 5.74) is 0.609. The number of carboxylic acid groups (broad SMARTS) is 1. The highest BCUT2D eigenvalue weighted by molar-refractivity contribution is 5.70. The van der Waals surface area contributed by atoms with Gasteiger partial charge in [-0.2, -0.15) is 0 Å². The van der Waals surface area contributed by atoms with E-state index in [1.165, 1.54) is 19.1 Å². The first-order chi connectivity index (χ1) is 6.60. The van der Waals surface area contributed by atoms with Gasteiger partial charge in [-0.3, -0.25) is 9.18 Å². The second-order valence-electron chi connectivity index (χ2n) is 2.51. The van der Waals surface area contributed by atoms with Gasteiger partial charge in [-0.1, -0.05) is 12.1 Å². The fourth-order valence-corrected chi connectivity index (χ4v) is 0.841. The highest BCUT2D eigenvalue weighted by Gasteiger charge is 1.99. The van der Waals surface area contributed by atoms with Gasteiger partial charge >= 0.3 is 5.97 Å². The van der Waals surface area contributed by atoms with Gasteiger partial charge < -0.3 is 10.2 Å². The number of aromatic hydroxyl groups is 1. The molecule has 1 rings (SSSR count). The van der Waals surface area contributed by atoms with Crippen LogP contribution in [-0.4, -0.2) is 22.9 Å². The third-order valence-corrected chi connectivity index (χ3v) is 1.27. The first-order valence-corrected chi connectivity index (χ1v) is 4.15. The Morgan fingerprint density at radius 3 is 2.50 bits per heavy atom. The monoisotopic (exact) mass is 200 g/mol. The maximum absolute atomic E-state index is 10.3. The zero-order valence-corrected chi connectivity index (χ0v) is 7.90. The average Bonchev–Trinajstić information content (AvgIpc) is 2.03. The van der Waals surface area contributed by atoms with Crippen LogP contribution in [0.4, 0.5) is 4.39 Å². The zero-order chi connectivity index (χ0) is 11.0. The Hall–Kier alpha value is -1.58. The molecule has 0 aliphatic rings. The number of rotatable bonds is 2. The molecular weight excluding hydrogens is 187 g/mol. The fraction of sp³-hybridized carbons (Fsp3) is 0.300. The first-order valence-electron chi connectivity index (χ1n) is 4.15. The summed E-state index contributed by atoms with van der Waals surface area (Å²) in [6, 6.07) is 6.22. The lowest BCUT2D eigenvalue weighted by Crippen LogP contribution is -1.99. The van der Waals surface area contributed by atoms with E-state index in [1.54, 1.807) is 12.1 Å². The molecule has 0 saturated heterocycles. The van der Waals surface area contributed by atoms with Crippen LogP contribution in [0.3, 0.4) is 0 Å². The van der Waals surface area contributed by atoms with Crippen LogP contribution < -0.4 is 0 Å². The number of carboxylic acids is 1. The van der Waals surface area contributed by atoms with Gasteiger partial charge in [0.2, 0.25) is 0 Å². The van der Waals surface area contributed by atoms with Crippen LogP contribution in [0.25, 0.3) is 0 Å². The van der Waals surface area contributed by atoms with Gasteiger partial charge in [0.25, 0.3) is 0 Å². The van der Waals surface area contributed by atoms with Gasteiger partial charge in [0.05, 0.1) is 13.1 Å². The van der Waals surface area contributed by atoms with Crippen molar-refractivity contribution in [3.8, 4) is 5.75 Å². The van der Waals surface area contributed by atoms with E-state index >= 15 is 0 Å². The molecule has 0 unspecified atom stereocenters. The summed E-state index contributed by atoms with van der Waals surface area (Å²) in [5.74, 6) is -0.792. The molecule has 0 bridgehead atoms. The minimum absolute atomic E-state index is 0.0472. The van der Waals surface area contributed by atoms with Crippen LogP contribution >= 0.6 is 0 Å². The van der Waals surface area contributed by atoms with E-state index in [0.29, 0.717) is 5.56 Å². The predicted octanol–water partition coefficient (Wildman–Crippen LogP) is 2.00. The quantitative estimate of drug-likeness (QED) is 0.767. The number of alkyl halides is 1. The van der Waals surface area contributed by atoms with Crippen LogP contribution in [0.15, 0.2) is 24.3 Å². The molecule has 0 saturated carbocycles. The highest BCUT2D eigenvalue weighted by atomic mass is 19.1. The van der Waals surface area contributed by atoms with Gasteiger partial charge in [-0.25, -0.2) is 0 Å². The van der Waals surface area contributed by atoms with Crippen LogP contribution in [0.2, 0.25) is 0 Å². The predicted molar refractivity (Wildman–Crippen MR) is 51.1 cm³/mol. The van der Waals surface area contributed by atoms with Crippen LogP contribution in [0, 0.1) is 0 Å². The van der Waals surface area contributed by atoms with E-state index in [0.717, 1.165) is 0 Å². The number of carbonyl (C=O) groups is 1. The third kappa shape index (κ3) is 5.99. The van der Waals surface area contributed by atoms with Crippen molar-refractivity contribution < 1.29 is 19.4 Å². The van der Waals surface area contributed by atoms with Crippen LogP contribution in [0.1, 0.15) is 12.5 Å². The van der Waals surface area contributed by atoms with E-state index < -0.39 is 5.97 Å². The molecule has 0 aliphatic carbocycles. The molecule has 78 valence electrons. The smallest absolute Gasteiger partial charge is 0.307 e. The SMILES string of the molecule is CCF.O=C(O)Cc1cccc(O)c1. The summed E-state index contributed by atoms with van der Waals surface area (Å²) < 4.78 is 10.3. The summed E-state index contributed by atoms with van der Waals surface area (Å²) in [6.07, 6.45) is -0.0472. The van der Waals surface area contributed by atoms with E-state index in [4.69, 9.17) is 10.2 Å². The maximum Gasteiger partial charge on any atom is 0.307 e. The van der Waals surface area contributed by atoms with Crippen molar-refractivity contribution in [2.24, 2.45) is 0 Å². The van der Waals surface area contributed by atoms with Gasteiger partial charge in [0.1, 0.15) is 5.75 Å². The van der Waals surface area contributed by atoms with Crippen molar-refractivity contribution >= 4 is 5.97 Å². The molecule has 0 atom stereocenters. The second-order valence-corrected chi connectivity index (χ2v) is 2.51. The molecule has 0 radical (unpaired) electrons. The molecule has 4 heteroatoms. The molecule has 2 N–H and O–H groups in total. The number of phenols is 1. The van der Waals surface area contributed by atoms with Crippen molar-refractivity contribution in [1.82, 2.24) is 0 Å². The summed E-state index contributed by atoms with van der Waals surface area (Å²) >= 11 is 0. The number of phenolic OH excluding ortho intramolecular Hbond substituents is 1. The van der Waals surface area contributed by atoms with Gasteiger partial charge in [0.15, 0.2) is 0 Å². The largest absolute Gasteiger partial charge is 0.508 e. The zero-order valence-electron chi connectivity index (χ0n) is 7.90. The fourth-order valence-electron chi connectivity index (χ4n) is 0.841. The Bertz CT molecular complexity index is 286. The molecule has 0 spiro atoms. The lowest BCUT2D eigenvalue weighted by atomic mass is 10.1. The summed E-state index contributed by atoms with van der Waals surface area (Å²) in [7, 11) is 0. The number of hydrogen-bond acceptors (Lipinski definition) is 2. The van der Waals surface area contributed by atoms with E-state index in [1.807, 2.05) is 0 Å². The normalized spacial score (nSPS) is 8.71. The topological polar surface area (TPSA) is 57.5 Å². The van der Waals surface area contributed by atoms with Gasteiger partial charge in [-0.05, 0) is 24.6 Å². The molecule has 3 nitrogen and oxygen atoms in total. The maximum atomic E-state index is 10.3. The molecule has 0 heterocycles. The molecule has 0 aliphatic heterocycles. The Kier molecular flexibility index (Phi) is 6.11. The third-order valence-electron chi connectivity index (χ3n) is 1.27. The van der Waals surface area contributed by atoms with E-state index in [2.05, 4.69) is 0 Å². The second kappa shape index (κ2) is 6.88. The Balaban J connectivity index is 0.000000500. The first kappa shape index (κ1) is 12.4. The average molecular weight is 200 g/mol. The van der Waals surface area contributed by atoms with Crippen molar-refractivity contribution in [1.29, 1.82) is 0 Å². The highest BCUT2D eigenvalue weighted by Crippen LogP contribution is 2.10. The number of benzene rings is 1. The number of hydrogen-bond donors (Lipinski definition) is 2. The Labute approximate surface area is 81.8 Å². The van der Waals surface area contributed by atoms with Crippen LogP contribution in [-0.2, 0) is 11.2 Å². The van der Waals surface area contributed by atoms with Gasteiger partial charge in [0, 0.05) is 0 Å². The number of aliphatic carboxylic acids is 1. The minimum atomic E-state index is -0.893. The van der Waals surface area contributed by atoms with Gasteiger partial charge in [-0.15, -0.1) is 0 Å². The van der Waals surface area contributed by atoms with Crippen molar-refractivity contribution in [3.05, 3.63) is 29.8 Å². The van der Waals surface area contributed by atoms with Crippen molar-refractivity contribution in [2.45, 2.75) is 13.3 Å². The molecule has 0 fully saturated rings. The van der Waals surface area contributed by atoms with Crippen molar-refractivity contribution in [2.75, 3.05) is 6.67 Å². The standard InChI is InChI=1S/C8H8O3.C2H5F/c9-7-3-1-2-6(4-7)5-8(10)11;1-2-3/h1-4,9H,5H2,(H,10,11);2H2,1H3. The molecular formula is C10H13FO3. The molecule has 1 aromatic rings. The summed E-state index contributed by atoms with van der Waals surface area (Å²) in [4.78, 5) is 10.2. The summed E-state index contributed by atoms with van der Waals surface area (Å²) in [6.45, 7) is 1.21. The van der Waals surface area contributed by atoms with Crippen molar-refractivity contribution in [3.63, 3.8) is 0 Å². The van der Waals surface area contributed by atoms with E-state index in [9.17, 15) is 9.18 Å². The van der Waals surface area contributed by atoms with E-state index in [-0.39, 0.29) is 18.8 Å². The summed E-state index contributed by atoms with van der Waals surface area (Å²) in [5, 5.41) is 17.3. The Morgan fingerprint density at radius 2 is 2.07 bits per heavy atom. The number of halogens is 1. The Morgan fingerprint density at radius 1 is 1.50 bits per heavy atom.